The lowest BCUT2D eigenvalue weighted by Crippen LogP contribution is -2.29. The molecule has 0 aliphatic carbocycles. The fourth-order valence-electron chi connectivity index (χ4n) is 1.44. The lowest BCUT2D eigenvalue weighted by Gasteiger charge is -2.15. The molecule has 0 saturated carbocycles. The molecule has 0 aliphatic rings. The van der Waals surface area contributed by atoms with Gasteiger partial charge in [-0.05, 0) is 17.7 Å². The van der Waals surface area contributed by atoms with E-state index in [0.717, 1.165) is 11.1 Å². The molecular weight excluding hydrogens is 226 g/mol. The normalized spacial score (nSPS) is 12.4. The summed E-state index contributed by atoms with van der Waals surface area (Å²) in [5.41, 5.74) is 4.48. The number of nitrogens with zero attached hydrogens (tertiary/aromatic N) is 3. The van der Waals surface area contributed by atoms with Crippen molar-refractivity contribution in [3.63, 3.8) is 0 Å². The van der Waals surface area contributed by atoms with Crippen LogP contribution in [0.3, 0.4) is 0 Å². The largest absolute Gasteiger partial charge is 0.271 e. The maximum absolute atomic E-state index is 5.82. The van der Waals surface area contributed by atoms with Crippen LogP contribution in [0.15, 0.2) is 37.1 Å². The summed E-state index contributed by atoms with van der Waals surface area (Å²) < 4.78 is 0. The number of hydrazine groups is 1. The first-order chi connectivity index (χ1) is 7.81. The standard InChI is InChI=1S/C10H10ClN5/c11-9-3-7(1-2-15-9)10(16-12)8-4-13-6-14-5-8/h1-6,10,16H,12H2. The topological polar surface area (TPSA) is 76.7 Å². The Morgan fingerprint density at radius 2 is 2.00 bits per heavy atom. The molecule has 0 amide bonds. The summed E-state index contributed by atoms with van der Waals surface area (Å²) in [5, 5.41) is 0.426. The molecular formula is C10H10ClN5. The minimum Gasteiger partial charge on any atom is -0.271 e. The summed E-state index contributed by atoms with van der Waals surface area (Å²) in [7, 11) is 0. The Hall–Kier alpha value is -1.56. The van der Waals surface area contributed by atoms with E-state index < -0.39 is 0 Å². The van der Waals surface area contributed by atoms with Crippen molar-refractivity contribution in [1.82, 2.24) is 20.4 Å². The van der Waals surface area contributed by atoms with Crippen molar-refractivity contribution < 1.29 is 0 Å². The molecule has 0 bridgehead atoms. The molecule has 1 unspecified atom stereocenters. The third-order valence-corrected chi connectivity index (χ3v) is 2.37. The highest BCUT2D eigenvalue weighted by Crippen LogP contribution is 2.21. The van der Waals surface area contributed by atoms with Gasteiger partial charge in [0, 0.05) is 24.2 Å². The second kappa shape index (κ2) is 4.98. The van der Waals surface area contributed by atoms with Crippen LogP contribution in [0.1, 0.15) is 17.2 Å². The molecule has 2 heterocycles. The Labute approximate surface area is 97.7 Å². The van der Waals surface area contributed by atoms with Crippen molar-refractivity contribution in [1.29, 1.82) is 0 Å². The number of hydrogen-bond acceptors (Lipinski definition) is 5. The van der Waals surface area contributed by atoms with Gasteiger partial charge in [0.1, 0.15) is 11.5 Å². The lowest BCUT2D eigenvalue weighted by atomic mass is 10.0. The second-order valence-corrected chi connectivity index (χ2v) is 3.57. The van der Waals surface area contributed by atoms with Gasteiger partial charge in [0.2, 0.25) is 0 Å². The fraction of sp³-hybridized carbons (Fsp3) is 0.100. The highest BCUT2D eigenvalue weighted by atomic mass is 35.5. The molecule has 3 N–H and O–H groups in total. The van der Waals surface area contributed by atoms with Crippen LogP contribution >= 0.6 is 11.6 Å². The van der Waals surface area contributed by atoms with Gasteiger partial charge >= 0.3 is 0 Å². The van der Waals surface area contributed by atoms with E-state index in [9.17, 15) is 0 Å². The van der Waals surface area contributed by atoms with Crippen LogP contribution in [0.2, 0.25) is 5.15 Å². The van der Waals surface area contributed by atoms with Crippen molar-refractivity contribution in [2.75, 3.05) is 0 Å². The third-order valence-electron chi connectivity index (χ3n) is 2.16. The van der Waals surface area contributed by atoms with E-state index in [2.05, 4.69) is 20.4 Å². The van der Waals surface area contributed by atoms with Gasteiger partial charge in [0.25, 0.3) is 0 Å². The molecule has 0 aliphatic heterocycles. The van der Waals surface area contributed by atoms with Gasteiger partial charge < -0.3 is 0 Å². The predicted octanol–water partition coefficient (Wildman–Crippen LogP) is 1.08. The molecule has 0 saturated heterocycles. The van der Waals surface area contributed by atoms with Crippen molar-refractivity contribution in [3.8, 4) is 0 Å². The number of hydrogen-bond donors (Lipinski definition) is 2. The van der Waals surface area contributed by atoms with Gasteiger partial charge in [-0.25, -0.2) is 20.4 Å². The van der Waals surface area contributed by atoms with Crippen LogP contribution in [0, 0.1) is 0 Å². The maximum Gasteiger partial charge on any atom is 0.129 e. The van der Waals surface area contributed by atoms with Crippen LogP contribution in [0.25, 0.3) is 0 Å². The zero-order valence-electron chi connectivity index (χ0n) is 8.34. The summed E-state index contributed by atoms with van der Waals surface area (Å²) in [6.45, 7) is 0. The van der Waals surface area contributed by atoms with E-state index in [1.807, 2.05) is 6.07 Å². The summed E-state index contributed by atoms with van der Waals surface area (Å²) in [6.07, 6.45) is 6.50. The quantitative estimate of drug-likeness (QED) is 0.473. The molecule has 6 heteroatoms. The molecule has 2 aromatic rings. The van der Waals surface area contributed by atoms with Gasteiger partial charge in [0.15, 0.2) is 0 Å². The molecule has 5 nitrogen and oxygen atoms in total. The van der Waals surface area contributed by atoms with E-state index in [1.165, 1.54) is 6.33 Å². The Morgan fingerprint density at radius 3 is 2.62 bits per heavy atom. The monoisotopic (exact) mass is 235 g/mol. The Bertz CT molecular complexity index is 462. The number of nitrogens with two attached hydrogens (primary N) is 1. The van der Waals surface area contributed by atoms with E-state index >= 15 is 0 Å². The minimum absolute atomic E-state index is 0.193. The first-order valence-electron chi connectivity index (χ1n) is 4.63. The molecule has 2 aromatic heterocycles. The summed E-state index contributed by atoms with van der Waals surface area (Å²) in [4.78, 5) is 11.8. The highest BCUT2D eigenvalue weighted by Gasteiger charge is 2.13. The van der Waals surface area contributed by atoms with Crippen LogP contribution in [-0.2, 0) is 0 Å². The second-order valence-electron chi connectivity index (χ2n) is 3.18. The Morgan fingerprint density at radius 1 is 1.25 bits per heavy atom. The van der Waals surface area contributed by atoms with Gasteiger partial charge in [0.05, 0.1) is 6.04 Å². The third kappa shape index (κ3) is 2.33. The number of halogens is 1. The molecule has 0 spiro atoms. The lowest BCUT2D eigenvalue weighted by molar-refractivity contribution is 0.631. The average Bonchev–Trinajstić information content (AvgIpc) is 2.31. The molecule has 1 atom stereocenters. The van der Waals surface area contributed by atoms with Crippen LogP contribution < -0.4 is 11.3 Å². The summed E-state index contributed by atoms with van der Waals surface area (Å²) >= 11 is 5.82. The SMILES string of the molecule is NNC(c1cncnc1)c1ccnc(Cl)c1. The smallest absolute Gasteiger partial charge is 0.129 e. The first kappa shape index (κ1) is 10.9. The van der Waals surface area contributed by atoms with Gasteiger partial charge in [-0.3, -0.25) is 5.84 Å². The molecule has 0 radical (unpaired) electrons. The predicted molar refractivity (Wildman–Crippen MR) is 60.4 cm³/mol. The summed E-state index contributed by atoms with van der Waals surface area (Å²) in [6, 6.07) is 3.39. The zero-order valence-corrected chi connectivity index (χ0v) is 9.09. The van der Waals surface area contributed by atoms with Crippen molar-refractivity contribution in [2.24, 2.45) is 5.84 Å². The summed E-state index contributed by atoms with van der Waals surface area (Å²) in [5.74, 6) is 5.52. The number of aromatic nitrogens is 3. The molecule has 2 rings (SSSR count). The number of pyridine rings is 1. The zero-order chi connectivity index (χ0) is 11.4. The fourth-order valence-corrected chi connectivity index (χ4v) is 1.62. The van der Waals surface area contributed by atoms with E-state index in [4.69, 9.17) is 17.4 Å². The van der Waals surface area contributed by atoms with Gasteiger partial charge in [-0.15, -0.1) is 0 Å². The van der Waals surface area contributed by atoms with E-state index in [1.54, 1.807) is 24.7 Å². The van der Waals surface area contributed by atoms with Crippen molar-refractivity contribution in [3.05, 3.63) is 53.3 Å². The number of nitrogens with one attached hydrogen (secondary N) is 1. The first-order valence-corrected chi connectivity index (χ1v) is 5.01. The molecule has 82 valence electrons. The van der Waals surface area contributed by atoms with E-state index in [0.29, 0.717) is 5.15 Å². The van der Waals surface area contributed by atoms with Crippen LogP contribution in [0.5, 0.6) is 0 Å². The molecule has 0 fully saturated rings. The van der Waals surface area contributed by atoms with Crippen molar-refractivity contribution in [2.45, 2.75) is 6.04 Å². The van der Waals surface area contributed by atoms with Crippen LogP contribution in [0.4, 0.5) is 0 Å². The van der Waals surface area contributed by atoms with Gasteiger partial charge in [-0.1, -0.05) is 11.6 Å². The van der Waals surface area contributed by atoms with Crippen molar-refractivity contribution >= 4 is 11.6 Å². The highest BCUT2D eigenvalue weighted by molar-refractivity contribution is 6.29. The average molecular weight is 236 g/mol. The maximum atomic E-state index is 5.82. The molecule has 0 aromatic carbocycles. The molecule has 16 heavy (non-hydrogen) atoms. The minimum atomic E-state index is -0.193. The Kier molecular flexibility index (Phi) is 3.40. The van der Waals surface area contributed by atoms with E-state index in [-0.39, 0.29) is 6.04 Å². The van der Waals surface area contributed by atoms with Gasteiger partial charge in [-0.2, -0.15) is 0 Å². The Balaban J connectivity index is 2.37. The van der Waals surface area contributed by atoms with Crippen LogP contribution in [-0.4, -0.2) is 15.0 Å². The number of rotatable bonds is 3.